The molecule has 0 aliphatic rings. The molecule has 0 atom stereocenters. The number of nitrogen functional groups attached to an aromatic ring is 1. The molecule has 4 heterocycles. The summed E-state index contributed by atoms with van der Waals surface area (Å²) in [4.78, 5) is 13.5. The van der Waals surface area contributed by atoms with Gasteiger partial charge in [0.05, 0.1) is 28.7 Å². The Morgan fingerprint density at radius 3 is 2.64 bits per heavy atom. The lowest BCUT2D eigenvalue weighted by Crippen LogP contribution is -2.02. The zero-order chi connectivity index (χ0) is 23.2. The summed E-state index contributed by atoms with van der Waals surface area (Å²) in [5, 5.41) is 14.5. The summed E-state index contributed by atoms with van der Waals surface area (Å²) in [5.41, 5.74) is 8.93. The molecule has 0 unspecified atom stereocenters. The lowest BCUT2D eigenvalue weighted by Gasteiger charge is -2.09. The summed E-state index contributed by atoms with van der Waals surface area (Å²) >= 11 is 0. The van der Waals surface area contributed by atoms with Crippen LogP contribution in [0.1, 0.15) is 5.82 Å². The quantitative estimate of drug-likeness (QED) is 0.358. The van der Waals surface area contributed by atoms with Crippen LogP contribution in [0.3, 0.4) is 0 Å². The molecule has 5 rings (SSSR count). The number of imidazole rings is 1. The van der Waals surface area contributed by atoms with Gasteiger partial charge in [-0.2, -0.15) is 10.2 Å². The van der Waals surface area contributed by atoms with Gasteiger partial charge in [-0.3, -0.25) is 5.10 Å². The zero-order valence-electron chi connectivity index (χ0n) is 17.7. The van der Waals surface area contributed by atoms with Crippen molar-refractivity contribution in [3.8, 4) is 22.5 Å². The Labute approximate surface area is 188 Å². The van der Waals surface area contributed by atoms with Crippen LogP contribution in [-0.4, -0.2) is 49.4 Å². The first-order valence-corrected chi connectivity index (χ1v) is 11.7. The molecule has 0 amide bonds. The van der Waals surface area contributed by atoms with E-state index in [1.165, 1.54) is 6.26 Å². The molecule has 11 nitrogen and oxygen atoms in total. The summed E-state index contributed by atoms with van der Waals surface area (Å²) in [6.07, 6.45) is 4.52. The number of rotatable bonds is 5. The van der Waals surface area contributed by atoms with Crippen molar-refractivity contribution in [3.05, 3.63) is 60.7 Å². The highest BCUT2D eigenvalue weighted by Gasteiger charge is 2.17. The predicted octanol–water partition coefficient (Wildman–Crippen LogP) is 2.61. The number of aromatic amines is 1. The molecule has 166 valence electrons. The van der Waals surface area contributed by atoms with Gasteiger partial charge in [0.1, 0.15) is 17.5 Å². The van der Waals surface area contributed by atoms with Crippen molar-refractivity contribution in [2.24, 2.45) is 0 Å². The Bertz CT molecular complexity index is 1570. The molecule has 1 aromatic carbocycles. The first-order chi connectivity index (χ1) is 15.8. The fraction of sp³-hybridized carbons (Fsp3) is 0.0952. The zero-order valence-corrected chi connectivity index (χ0v) is 18.5. The molecule has 0 bridgehead atoms. The second kappa shape index (κ2) is 7.67. The van der Waals surface area contributed by atoms with E-state index in [2.05, 4.69) is 35.6 Å². The van der Waals surface area contributed by atoms with Crippen LogP contribution < -0.4 is 11.1 Å². The van der Waals surface area contributed by atoms with Crippen LogP contribution in [-0.2, 0) is 9.84 Å². The largest absolute Gasteiger partial charge is 0.384 e. The van der Waals surface area contributed by atoms with Gasteiger partial charge in [-0.15, -0.1) is 0 Å². The summed E-state index contributed by atoms with van der Waals surface area (Å²) in [5.74, 6) is 2.05. The number of hydrogen-bond acceptors (Lipinski definition) is 9. The summed E-state index contributed by atoms with van der Waals surface area (Å²) in [7, 11) is -3.38. The maximum atomic E-state index is 12.1. The molecule has 4 aromatic heterocycles. The number of sulfone groups is 1. The molecular weight excluding hydrogens is 442 g/mol. The third kappa shape index (κ3) is 4.11. The van der Waals surface area contributed by atoms with Gasteiger partial charge in [0, 0.05) is 29.5 Å². The number of nitrogens with two attached hydrogens (primary N) is 1. The van der Waals surface area contributed by atoms with E-state index >= 15 is 0 Å². The fourth-order valence-corrected chi connectivity index (χ4v) is 4.11. The Morgan fingerprint density at radius 1 is 1.06 bits per heavy atom. The number of benzene rings is 1. The fourth-order valence-electron chi connectivity index (χ4n) is 3.45. The topological polar surface area (TPSA) is 157 Å². The minimum atomic E-state index is -3.38. The van der Waals surface area contributed by atoms with Crippen LogP contribution in [0.2, 0.25) is 0 Å². The second-order valence-corrected chi connectivity index (χ2v) is 9.47. The normalized spacial score (nSPS) is 11.7. The first kappa shape index (κ1) is 20.6. The monoisotopic (exact) mass is 461 g/mol. The molecule has 0 radical (unpaired) electrons. The van der Waals surface area contributed by atoms with Crippen molar-refractivity contribution in [1.82, 2.24) is 34.8 Å². The molecule has 0 saturated heterocycles. The molecule has 0 fully saturated rings. The molecule has 0 aliphatic heterocycles. The van der Waals surface area contributed by atoms with Crippen LogP contribution >= 0.6 is 0 Å². The average molecular weight is 462 g/mol. The number of aryl methyl sites for hydroxylation is 1. The summed E-state index contributed by atoms with van der Waals surface area (Å²) in [6, 6.07) is 11.9. The van der Waals surface area contributed by atoms with E-state index in [9.17, 15) is 8.42 Å². The number of nitrogens with one attached hydrogen (secondary N) is 2. The lowest BCUT2D eigenvalue weighted by molar-refractivity contribution is 0.602. The van der Waals surface area contributed by atoms with Gasteiger partial charge in [0.25, 0.3) is 0 Å². The van der Waals surface area contributed by atoms with Crippen LogP contribution in [0.4, 0.5) is 17.5 Å². The predicted molar refractivity (Wildman–Crippen MR) is 124 cm³/mol. The van der Waals surface area contributed by atoms with E-state index in [1.54, 1.807) is 60.2 Å². The minimum absolute atomic E-state index is 0.206. The van der Waals surface area contributed by atoms with Crippen molar-refractivity contribution in [2.45, 2.75) is 11.8 Å². The Balaban J connectivity index is 1.72. The van der Waals surface area contributed by atoms with Crippen LogP contribution in [0, 0.1) is 6.92 Å². The number of nitrogens with zero attached hydrogens (tertiary/aromatic N) is 6. The van der Waals surface area contributed by atoms with E-state index in [1.807, 2.05) is 6.07 Å². The van der Waals surface area contributed by atoms with Gasteiger partial charge in [-0.1, -0.05) is 12.1 Å². The standard InChI is InChI=1S/C21H19N9O2S/c1-12-24-17(10-18(22)25-12)15-9-16(13-4-3-5-14(8-13)33(2,31)32)29-30-11-20(27-21(15)30)26-19-6-7-23-28-19/h3-11H,1-2H3,(H2,22,24,25)(H2,23,26,28). The number of anilines is 3. The van der Waals surface area contributed by atoms with Gasteiger partial charge >= 0.3 is 0 Å². The first-order valence-electron chi connectivity index (χ1n) is 9.85. The third-order valence-electron chi connectivity index (χ3n) is 4.88. The molecule has 12 heteroatoms. The van der Waals surface area contributed by atoms with E-state index in [0.29, 0.717) is 51.4 Å². The SMILES string of the molecule is Cc1nc(N)cc(-c2cc(-c3cccc(S(C)(=O)=O)c3)nn3cc(Nc4ccn[nH]4)nc23)n1. The van der Waals surface area contributed by atoms with Crippen molar-refractivity contribution in [3.63, 3.8) is 0 Å². The summed E-state index contributed by atoms with van der Waals surface area (Å²) in [6.45, 7) is 1.76. The highest BCUT2D eigenvalue weighted by Crippen LogP contribution is 2.30. The number of fused-ring (bicyclic) bond motifs is 1. The number of H-pyrrole nitrogens is 1. The molecular formula is C21H19N9O2S. The molecule has 0 aliphatic carbocycles. The average Bonchev–Trinajstić information content (AvgIpc) is 3.41. The van der Waals surface area contributed by atoms with Crippen LogP contribution in [0.15, 0.2) is 59.8 Å². The van der Waals surface area contributed by atoms with Crippen molar-refractivity contribution in [1.29, 1.82) is 0 Å². The van der Waals surface area contributed by atoms with Gasteiger partial charge in [-0.05, 0) is 25.1 Å². The van der Waals surface area contributed by atoms with Gasteiger partial charge in [-0.25, -0.2) is 27.9 Å². The Kier molecular flexibility index (Phi) is 4.78. The molecule has 33 heavy (non-hydrogen) atoms. The van der Waals surface area contributed by atoms with Crippen LogP contribution in [0.25, 0.3) is 28.2 Å². The van der Waals surface area contributed by atoms with E-state index in [-0.39, 0.29) is 4.90 Å². The lowest BCUT2D eigenvalue weighted by atomic mass is 10.1. The second-order valence-electron chi connectivity index (χ2n) is 7.46. The van der Waals surface area contributed by atoms with Crippen molar-refractivity contribution >= 4 is 32.9 Å². The van der Waals surface area contributed by atoms with Crippen molar-refractivity contribution in [2.75, 3.05) is 17.3 Å². The van der Waals surface area contributed by atoms with Gasteiger partial charge in [0.2, 0.25) is 0 Å². The van der Waals surface area contributed by atoms with E-state index in [4.69, 9.17) is 5.73 Å². The number of hydrogen-bond donors (Lipinski definition) is 3. The molecule has 5 aromatic rings. The molecule has 0 spiro atoms. The highest BCUT2D eigenvalue weighted by molar-refractivity contribution is 7.90. The van der Waals surface area contributed by atoms with Crippen LogP contribution in [0.5, 0.6) is 0 Å². The molecule has 0 saturated carbocycles. The maximum absolute atomic E-state index is 12.1. The van der Waals surface area contributed by atoms with Gasteiger partial charge in [0.15, 0.2) is 21.3 Å². The summed E-state index contributed by atoms with van der Waals surface area (Å²) < 4.78 is 25.7. The van der Waals surface area contributed by atoms with E-state index < -0.39 is 9.84 Å². The smallest absolute Gasteiger partial charge is 0.175 e. The maximum Gasteiger partial charge on any atom is 0.175 e. The minimum Gasteiger partial charge on any atom is -0.384 e. The molecule has 4 N–H and O–H groups in total. The van der Waals surface area contributed by atoms with Gasteiger partial charge < -0.3 is 11.1 Å². The van der Waals surface area contributed by atoms with Crippen molar-refractivity contribution < 1.29 is 8.42 Å². The van der Waals surface area contributed by atoms with E-state index in [0.717, 1.165) is 0 Å². The Morgan fingerprint density at radius 2 is 1.91 bits per heavy atom. The number of aromatic nitrogens is 7. The Hall–Kier alpha value is -4.32. The highest BCUT2D eigenvalue weighted by atomic mass is 32.2. The third-order valence-corrected chi connectivity index (χ3v) is 5.99.